The normalized spacial score (nSPS) is 14.6. The van der Waals surface area contributed by atoms with Crippen molar-refractivity contribution in [2.24, 2.45) is 11.7 Å². The second kappa shape index (κ2) is 5.53. The Morgan fingerprint density at radius 1 is 1.26 bits per heavy atom. The zero-order valence-electron chi connectivity index (χ0n) is 11.9. The molecule has 0 amide bonds. The first-order chi connectivity index (χ1) is 9.04. The molecule has 0 spiro atoms. The van der Waals surface area contributed by atoms with Crippen LogP contribution in [0, 0.1) is 5.92 Å². The van der Waals surface area contributed by atoms with Crippen LogP contribution in [0.4, 0.5) is 5.82 Å². The molecule has 3 N–H and O–H groups in total. The van der Waals surface area contributed by atoms with Crippen LogP contribution in [0.15, 0.2) is 30.6 Å². The maximum absolute atomic E-state index is 5.94. The van der Waals surface area contributed by atoms with E-state index in [1.165, 1.54) is 0 Å². The molecule has 0 saturated carbocycles. The van der Waals surface area contributed by atoms with E-state index < -0.39 is 0 Å². The molecule has 4 nitrogen and oxygen atoms in total. The van der Waals surface area contributed by atoms with Crippen molar-refractivity contribution in [3.63, 3.8) is 0 Å². The molecular formula is C15H22N4. The quantitative estimate of drug-likeness (QED) is 0.865. The molecule has 0 aliphatic heterocycles. The van der Waals surface area contributed by atoms with Gasteiger partial charge in [-0.2, -0.15) is 0 Å². The highest BCUT2D eigenvalue weighted by atomic mass is 15.1. The summed E-state index contributed by atoms with van der Waals surface area (Å²) in [6.45, 7) is 7.12. The molecule has 102 valence electrons. The van der Waals surface area contributed by atoms with E-state index in [0.29, 0.717) is 12.5 Å². The fraction of sp³-hybridized carbons (Fsp3) is 0.467. The molecule has 0 aliphatic rings. The standard InChI is InChI=1S/C15H22N4/c1-11(2)8-15(3,9-16)19-14-12-6-4-5-7-13(12)17-10-18-14/h4-7,10-11H,8-9,16H2,1-3H3,(H,17,18,19). The number of nitrogens with zero attached hydrogens (tertiary/aromatic N) is 2. The number of hydrogen-bond acceptors (Lipinski definition) is 4. The molecule has 1 aromatic heterocycles. The summed E-state index contributed by atoms with van der Waals surface area (Å²) in [7, 11) is 0. The predicted molar refractivity (Wildman–Crippen MR) is 80.1 cm³/mol. The Balaban J connectivity index is 2.34. The van der Waals surface area contributed by atoms with Gasteiger partial charge >= 0.3 is 0 Å². The summed E-state index contributed by atoms with van der Waals surface area (Å²) >= 11 is 0. The van der Waals surface area contributed by atoms with Crippen LogP contribution >= 0.6 is 0 Å². The SMILES string of the molecule is CC(C)CC(C)(CN)Nc1ncnc2ccccc12. The number of rotatable bonds is 5. The Labute approximate surface area is 114 Å². The van der Waals surface area contributed by atoms with Gasteiger partial charge < -0.3 is 11.1 Å². The van der Waals surface area contributed by atoms with E-state index in [-0.39, 0.29) is 5.54 Å². The van der Waals surface area contributed by atoms with Gasteiger partial charge in [-0.15, -0.1) is 0 Å². The molecule has 2 rings (SSSR count). The van der Waals surface area contributed by atoms with Gasteiger partial charge in [-0.25, -0.2) is 9.97 Å². The van der Waals surface area contributed by atoms with E-state index in [4.69, 9.17) is 5.73 Å². The molecule has 19 heavy (non-hydrogen) atoms. The maximum atomic E-state index is 5.94. The second-order valence-corrected chi connectivity index (χ2v) is 5.73. The van der Waals surface area contributed by atoms with Crippen molar-refractivity contribution >= 4 is 16.7 Å². The van der Waals surface area contributed by atoms with Crippen LogP contribution in [0.25, 0.3) is 10.9 Å². The molecule has 0 aliphatic carbocycles. The van der Waals surface area contributed by atoms with Crippen molar-refractivity contribution in [1.82, 2.24) is 9.97 Å². The van der Waals surface area contributed by atoms with Crippen LogP contribution in [-0.2, 0) is 0 Å². The van der Waals surface area contributed by atoms with Gasteiger partial charge in [-0.3, -0.25) is 0 Å². The molecule has 0 radical (unpaired) electrons. The van der Waals surface area contributed by atoms with Crippen LogP contribution in [0.1, 0.15) is 27.2 Å². The summed E-state index contributed by atoms with van der Waals surface area (Å²) in [5, 5.41) is 4.54. The largest absolute Gasteiger partial charge is 0.363 e. The number of fused-ring (bicyclic) bond motifs is 1. The molecule has 2 aromatic rings. The fourth-order valence-corrected chi connectivity index (χ4v) is 2.48. The van der Waals surface area contributed by atoms with Gasteiger partial charge in [0.05, 0.1) is 5.52 Å². The van der Waals surface area contributed by atoms with Gasteiger partial charge in [0.2, 0.25) is 0 Å². The van der Waals surface area contributed by atoms with Crippen LogP contribution in [0.3, 0.4) is 0 Å². The van der Waals surface area contributed by atoms with Gasteiger partial charge in [-0.05, 0) is 31.4 Å². The van der Waals surface area contributed by atoms with Gasteiger partial charge in [0, 0.05) is 17.5 Å². The van der Waals surface area contributed by atoms with E-state index in [2.05, 4.69) is 36.1 Å². The lowest BCUT2D eigenvalue weighted by atomic mass is 9.90. The molecule has 0 bridgehead atoms. The van der Waals surface area contributed by atoms with Crippen LogP contribution in [-0.4, -0.2) is 22.1 Å². The topological polar surface area (TPSA) is 63.8 Å². The van der Waals surface area contributed by atoms with Gasteiger partial charge in [0.25, 0.3) is 0 Å². The van der Waals surface area contributed by atoms with Crippen molar-refractivity contribution < 1.29 is 0 Å². The minimum atomic E-state index is -0.148. The Morgan fingerprint density at radius 2 is 2.00 bits per heavy atom. The lowest BCUT2D eigenvalue weighted by molar-refractivity contribution is 0.406. The third-order valence-electron chi connectivity index (χ3n) is 3.27. The summed E-state index contributed by atoms with van der Waals surface area (Å²) in [4.78, 5) is 8.65. The van der Waals surface area contributed by atoms with Crippen LogP contribution in [0.2, 0.25) is 0 Å². The molecule has 1 aromatic carbocycles. The van der Waals surface area contributed by atoms with Crippen molar-refractivity contribution in [2.75, 3.05) is 11.9 Å². The number of para-hydroxylation sites is 1. The zero-order chi connectivity index (χ0) is 13.9. The Hall–Kier alpha value is -1.68. The number of anilines is 1. The smallest absolute Gasteiger partial charge is 0.137 e. The van der Waals surface area contributed by atoms with Crippen molar-refractivity contribution in [3.8, 4) is 0 Å². The first kappa shape index (κ1) is 13.7. The number of aromatic nitrogens is 2. The molecule has 0 saturated heterocycles. The van der Waals surface area contributed by atoms with Gasteiger partial charge in [-0.1, -0.05) is 26.0 Å². The minimum Gasteiger partial charge on any atom is -0.363 e. The number of hydrogen-bond donors (Lipinski definition) is 2. The number of nitrogens with one attached hydrogen (secondary N) is 1. The first-order valence-corrected chi connectivity index (χ1v) is 6.72. The van der Waals surface area contributed by atoms with Crippen molar-refractivity contribution in [2.45, 2.75) is 32.7 Å². The number of benzene rings is 1. The summed E-state index contributed by atoms with van der Waals surface area (Å²) < 4.78 is 0. The zero-order valence-corrected chi connectivity index (χ0v) is 11.9. The van der Waals surface area contributed by atoms with E-state index in [1.54, 1.807) is 6.33 Å². The van der Waals surface area contributed by atoms with Crippen molar-refractivity contribution in [1.29, 1.82) is 0 Å². The molecule has 0 fully saturated rings. The summed E-state index contributed by atoms with van der Waals surface area (Å²) in [5.41, 5.74) is 6.74. The Bertz CT molecular complexity index is 547. The highest BCUT2D eigenvalue weighted by Crippen LogP contribution is 2.25. The molecule has 1 heterocycles. The lowest BCUT2D eigenvalue weighted by Crippen LogP contribution is -2.44. The van der Waals surface area contributed by atoms with Crippen LogP contribution < -0.4 is 11.1 Å². The predicted octanol–water partition coefficient (Wildman–Crippen LogP) is 2.81. The monoisotopic (exact) mass is 258 g/mol. The fourth-order valence-electron chi connectivity index (χ4n) is 2.48. The summed E-state index contributed by atoms with van der Waals surface area (Å²) in [6.07, 6.45) is 2.60. The first-order valence-electron chi connectivity index (χ1n) is 6.72. The third-order valence-corrected chi connectivity index (χ3v) is 3.27. The lowest BCUT2D eigenvalue weighted by Gasteiger charge is -2.32. The molecule has 1 atom stereocenters. The van der Waals surface area contributed by atoms with E-state index in [0.717, 1.165) is 23.1 Å². The molecule has 1 unspecified atom stereocenters. The average Bonchev–Trinajstić information content (AvgIpc) is 2.38. The van der Waals surface area contributed by atoms with E-state index in [1.807, 2.05) is 24.3 Å². The maximum Gasteiger partial charge on any atom is 0.137 e. The minimum absolute atomic E-state index is 0.148. The molecule has 4 heteroatoms. The Kier molecular flexibility index (Phi) is 4.00. The third kappa shape index (κ3) is 3.20. The molecular weight excluding hydrogens is 236 g/mol. The van der Waals surface area contributed by atoms with Gasteiger partial charge in [0.1, 0.15) is 12.1 Å². The van der Waals surface area contributed by atoms with E-state index in [9.17, 15) is 0 Å². The average molecular weight is 258 g/mol. The van der Waals surface area contributed by atoms with E-state index >= 15 is 0 Å². The Morgan fingerprint density at radius 3 is 2.68 bits per heavy atom. The highest BCUT2D eigenvalue weighted by molar-refractivity contribution is 5.88. The van der Waals surface area contributed by atoms with Crippen molar-refractivity contribution in [3.05, 3.63) is 30.6 Å². The second-order valence-electron chi connectivity index (χ2n) is 5.73. The van der Waals surface area contributed by atoms with Gasteiger partial charge in [0.15, 0.2) is 0 Å². The summed E-state index contributed by atoms with van der Waals surface area (Å²) in [6, 6.07) is 8.00. The number of nitrogens with two attached hydrogens (primary N) is 1. The van der Waals surface area contributed by atoms with Crippen LogP contribution in [0.5, 0.6) is 0 Å². The summed E-state index contributed by atoms with van der Waals surface area (Å²) in [5.74, 6) is 1.44. The highest BCUT2D eigenvalue weighted by Gasteiger charge is 2.24.